The SMILES string of the molecule is COc1ccc(CN(C)Cc2cnc3ccccn23)cc1OC[C@@H](O)CN(C)C(C)C. The van der Waals surface area contributed by atoms with Crippen molar-refractivity contribution in [3.63, 3.8) is 0 Å². The number of aromatic nitrogens is 2. The van der Waals surface area contributed by atoms with Crippen LogP contribution in [0, 0.1) is 0 Å². The summed E-state index contributed by atoms with van der Waals surface area (Å²) >= 11 is 0. The summed E-state index contributed by atoms with van der Waals surface area (Å²) in [5, 5.41) is 10.3. The number of hydrogen-bond acceptors (Lipinski definition) is 6. The Hall–Kier alpha value is -2.61. The van der Waals surface area contributed by atoms with Gasteiger partial charge in [-0.3, -0.25) is 4.90 Å². The van der Waals surface area contributed by atoms with E-state index >= 15 is 0 Å². The maximum absolute atomic E-state index is 10.3. The number of pyridine rings is 1. The molecule has 3 rings (SSSR count). The molecule has 2 heterocycles. The Bertz CT molecular complexity index is 972. The second-order valence-electron chi connectivity index (χ2n) is 8.33. The van der Waals surface area contributed by atoms with Gasteiger partial charge in [0.2, 0.25) is 0 Å². The van der Waals surface area contributed by atoms with Crippen LogP contribution in [-0.2, 0) is 13.1 Å². The molecule has 7 nitrogen and oxygen atoms in total. The topological polar surface area (TPSA) is 62.5 Å². The standard InChI is InChI=1S/C24H34N4O3/c1-18(2)27(4)16-21(29)17-31-23-12-19(9-10-22(23)30-5)14-26(3)15-20-13-25-24-8-6-7-11-28(20)24/h6-13,18,21,29H,14-17H2,1-5H3/t21-/m0/s1. The van der Waals surface area contributed by atoms with Crippen LogP contribution in [0.5, 0.6) is 11.5 Å². The predicted molar refractivity (Wildman–Crippen MR) is 123 cm³/mol. The van der Waals surface area contributed by atoms with Crippen LogP contribution in [0.15, 0.2) is 48.8 Å². The lowest BCUT2D eigenvalue weighted by Crippen LogP contribution is -2.37. The zero-order valence-electron chi connectivity index (χ0n) is 19.2. The van der Waals surface area contributed by atoms with E-state index in [1.807, 2.05) is 55.8 Å². The number of aliphatic hydroxyl groups is 1. The summed E-state index contributed by atoms with van der Waals surface area (Å²) in [7, 11) is 5.70. The molecule has 1 atom stereocenters. The summed E-state index contributed by atoms with van der Waals surface area (Å²) in [6.07, 6.45) is 3.38. The van der Waals surface area contributed by atoms with E-state index in [0.29, 0.717) is 24.1 Å². The molecule has 0 saturated carbocycles. The number of methoxy groups -OCH3 is 1. The third-order valence-corrected chi connectivity index (χ3v) is 5.42. The van der Waals surface area contributed by atoms with Crippen LogP contribution >= 0.6 is 0 Å². The molecule has 0 aliphatic carbocycles. The molecular weight excluding hydrogens is 392 g/mol. The average molecular weight is 427 g/mol. The summed E-state index contributed by atoms with van der Waals surface area (Å²) < 4.78 is 13.5. The van der Waals surface area contributed by atoms with Crippen LogP contribution in [0.1, 0.15) is 25.1 Å². The van der Waals surface area contributed by atoms with Gasteiger partial charge in [0.25, 0.3) is 0 Å². The summed E-state index contributed by atoms with van der Waals surface area (Å²) in [6, 6.07) is 12.3. The third kappa shape index (κ3) is 6.19. The van der Waals surface area contributed by atoms with E-state index in [1.165, 1.54) is 0 Å². The minimum atomic E-state index is -0.571. The van der Waals surface area contributed by atoms with Gasteiger partial charge in [-0.15, -0.1) is 0 Å². The molecule has 3 aromatic rings. The number of imidazole rings is 1. The van der Waals surface area contributed by atoms with Crippen molar-refractivity contribution >= 4 is 5.65 Å². The molecule has 0 fully saturated rings. The van der Waals surface area contributed by atoms with Crippen molar-refractivity contribution in [2.75, 3.05) is 34.4 Å². The molecule has 0 unspecified atom stereocenters. The third-order valence-electron chi connectivity index (χ3n) is 5.42. The maximum Gasteiger partial charge on any atom is 0.161 e. The molecular formula is C24H34N4O3. The second kappa shape index (κ2) is 10.6. The molecule has 0 aliphatic heterocycles. The summed E-state index contributed by atoms with van der Waals surface area (Å²) in [5.74, 6) is 1.31. The van der Waals surface area contributed by atoms with Crippen molar-refractivity contribution < 1.29 is 14.6 Å². The first-order valence-corrected chi connectivity index (χ1v) is 10.6. The maximum atomic E-state index is 10.3. The average Bonchev–Trinajstić information content (AvgIpc) is 3.15. The molecule has 0 spiro atoms. The first kappa shape index (κ1) is 23.1. The van der Waals surface area contributed by atoms with Crippen LogP contribution in [0.4, 0.5) is 0 Å². The van der Waals surface area contributed by atoms with E-state index < -0.39 is 6.10 Å². The van der Waals surface area contributed by atoms with Crippen LogP contribution < -0.4 is 9.47 Å². The molecule has 168 valence electrons. The van der Waals surface area contributed by atoms with Gasteiger partial charge in [0.1, 0.15) is 18.4 Å². The van der Waals surface area contributed by atoms with Crippen molar-refractivity contribution in [1.29, 1.82) is 0 Å². The molecule has 7 heteroatoms. The molecule has 31 heavy (non-hydrogen) atoms. The Kier molecular flexibility index (Phi) is 7.90. The highest BCUT2D eigenvalue weighted by atomic mass is 16.5. The largest absolute Gasteiger partial charge is 0.493 e. The number of nitrogens with zero attached hydrogens (tertiary/aromatic N) is 4. The number of benzene rings is 1. The Morgan fingerprint density at radius 3 is 2.65 bits per heavy atom. The van der Waals surface area contributed by atoms with Crippen LogP contribution in [0.2, 0.25) is 0 Å². The molecule has 1 aromatic carbocycles. The molecule has 0 saturated heterocycles. The van der Waals surface area contributed by atoms with E-state index in [4.69, 9.17) is 9.47 Å². The van der Waals surface area contributed by atoms with Gasteiger partial charge in [-0.25, -0.2) is 4.98 Å². The predicted octanol–water partition coefficient (Wildman–Crippen LogP) is 3.05. The first-order chi connectivity index (χ1) is 14.9. The Morgan fingerprint density at radius 1 is 1.10 bits per heavy atom. The number of hydrogen-bond donors (Lipinski definition) is 1. The fraction of sp³-hybridized carbons (Fsp3) is 0.458. The quantitative estimate of drug-likeness (QED) is 0.509. The van der Waals surface area contributed by atoms with Gasteiger partial charge < -0.3 is 23.9 Å². The fourth-order valence-corrected chi connectivity index (χ4v) is 3.46. The lowest BCUT2D eigenvalue weighted by atomic mass is 10.2. The number of aliphatic hydroxyl groups excluding tert-OH is 1. The summed E-state index contributed by atoms with van der Waals surface area (Å²) in [4.78, 5) is 8.78. The van der Waals surface area contributed by atoms with Crippen LogP contribution in [-0.4, -0.2) is 70.8 Å². The summed E-state index contributed by atoms with van der Waals surface area (Å²) in [5.41, 5.74) is 3.20. The zero-order chi connectivity index (χ0) is 22.4. The lowest BCUT2D eigenvalue weighted by molar-refractivity contribution is 0.0668. The fourth-order valence-electron chi connectivity index (χ4n) is 3.46. The molecule has 2 aromatic heterocycles. The minimum Gasteiger partial charge on any atom is -0.493 e. The highest BCUT2D eigenvalue weighted by molar-refractivity contribution is 5.43. The number of likely N-dealkylation sites (N-methyl/N-ethyl adjacent to an activating group) is 1. The lowest BCUT2D eigenvalue weighted by Gasteiger charge is -2.24. The van der Waals surface area contributed by atoms with E-state index in [9.17, 15) is 5.11 Å². The molecule has 0 aliphatic rings. The molecule has 0 amide bonds. The first-order valence-electron chi connectivity index (χ1n) is 10.6. The van der Waals surface area contributed by atoms with Crippen molar-refractivity contribution in [3.05, 3.63) is 60.0 Å². The zero-order valence-corrected chi connectivity index (χ0v) is 19.2. The normalized spacial score (nSPS) is 12.8. The highest BCUT2D eigenvalue weighted by Gasteiger charge is 2.14. The highest BCUT2D eigenvalue weighted by Crippen LogP contribution is 2.29. The number of rotatable bonds is 11. The van der Waals surface area contributed by atoms with Crippen molar-refractivity contribution in [1.82, 2.24) is 19.2 Å². The van der Waals surface area contributed by atoms with E-state index in [2.05, 4.69) is 40.1 Å². The molecule has 0 bridgehead atoms. The summed E-state index contributed by atoms with van der Waals surface area (Å²) in [6.45, 7) is 6.50. The van der Waals surface area contributed by atoms with Gasteiger partial charge in [0.05, 0.1) is 19.0 Å². The van der Waals surface area contributed by atoms with Crippen molar-refractivity contribution in [2.24, 2.45) is 0 Å². The smallest absolute Gasteiger partial charge is 0.161 e. The van der Waals surface area contributed by atoms with Gasteiger partial charge in [0, 0.05) is 31.9 Å². The van der Waals surface area contributed by atoms with Gasteiger partial charge in [-0.05, 0) is 57.8 Å². The van der Waals surface area contributed by atoms with Crippen molar-refractivity contribution in [2.45, 2.75) is 39.1 Å². The van der Waals surface area contributed by atoms with Crippen LogP contribution in [0.25, 0.3) is 5.65 Å². The Balaban J connectivity index is 1.62. The van der Waals surface area contributed by atoms with E-state index in [1.54, 1.807) is 7.11 Å². The number of fused-ring (bicyclic) bond motifs is 1. The minimum absolute atomic E-state index is 0.217. The van der Waals surface area contributed by atoms with Crippen molar-refractivity contribution in [3.8, 4) is 11.5 Å². The van der Waals surface area contributed by atoms with E-state index in [0.717, 1.165) is 30.0 Å². The second-order valence-corrected chi connectivity index (χ2v) is 8.33. The molecule has 1 N–H and O–H groups in total. The van der Waals surface area contributed by atoms with Crippen LogP contribution in [0.3, 0.4) is 0 Å². The molecule has 0 radical (unpaired) electrons. The monoisotopic (exact) mass is 426 g/mol. The number of ether oxygens (including phenoxy) is 2. The Labute approximate surface area is 184 Å². The van der Waals surface area contributed by atoms with Gasteiger partial charge in [-0.1, -0.05) is 12.1 Å². The van der Waals surface area contributed by atoms with Gasteiger partial charge in [0.15, 0.2) is 11.5 Å². The van der Waals surface area contributed by atoms with Gasteiger partial charge in [-0.2, -0.15) is 0 Å². The Morgan fingerprint density at radius 2 is 1.90 bits per heavy atom. The van der Waals surface area contributed by atoms with E-state index in [-0.39, 0.29) is 6.61 Å². The van der Waals surface area contributed by atoms with Gasteiger partial charge >= 0.3 is 0 Å².